The highest BCUT2D eigenvalue weighted by Gasteiger charge is 1.95. The second-order valence-corrected chi connectivity index (χ2v) is 2.12. The summed E-state index contributed by atoms with van der Waals surface area (Å²) in [5, 5.41) is 5.61. The minimum absolute atomic E-state index is 0.0311. The van der Waals surface area contributed by atoms with Gasteiger partial charge in [-0.1, -0.05) is 0 Å². The first-order chi connectivity index (χ1) is 5.31. The molecular formula is C7H16N2O2. The summed E-state index contributed by atoms with van der Waals surface area (Å²) >= 11 is 0. The summed E-state index contributed by atoms with van der Waals surface area (Å²) in [6.45, 7) is 4.31. The van der Waals surface area contributed by atoms with Gasteiger partial charge in [0.25, 0.3) is 0 Å². The molecule has 2 N–H and O–H groups in total. The molecular weight excluding hydrogens is 144 g/mol. The number of ether oxygens (including phenoxy) is 1. The van der Waals surface area contributed by atoms with Crippen molar-refractivity contribution in [2.45, 2.75) is 6.92 Å². The summed E-state index contributed by atoms with van der Waals surface area (Å²) in [5.74, 6) is 0.0311. The molecule has 0 aliphatic carbocycles. The van der Waals surface area contributed by atoms with E-state index in [-0.39, 0.29) is 5.91 Å². The molecule has 0 saturated carbocycles. The highest BCUT2D eigenvalue weighted by molar-refractivity contribution is 5.77. The number of amides is 1. The molecule has 0 aromatic carbocycles. The summed E-state index contributed by atoms with van der Waals surface area (Å²) in [7, 11) is 1.63. The third-order valence-electron chi connectivity index (χ3n) is 1.14. The van der Waals surface area contributed by atoms with Crippen LogP contribution in [0.5, 0.6) is 0 Å². The Balaban J connectivity index is 3.04. The normalized spacial score (nSPS) is 9.64. The van der Waals surface area contributed by atoms with E-state index >= 15 is 0 Å². The number of carbonyl (C=O) groups excluding carboxylic acids is 1. The van der Waals surface area contributed by atoms with Gasteiger partial charge in [-0.15, -0.1) is 0 Å². The Bertz CT molecular complexity index is 107. The lowest BCUT2D eigenvalue weighted by Crippen LogP contribution is -2.34. The minimum Gasteiger partial charge on any atom is -0.383 e. The third kappa shape index (κ3) is 7.29. The van der Waals surface area contributed by atoms with Crippen molar-refractivity contribution in [1.82, 2.24) is 10.6 Å². The molecule has 0 bridgehead atoms. The standard InChI is InChI=1S/C7H16N2O2/c1-3-9-7(10)6-8-4-5-11-2/h8H,3-6H2,1-2H3,(H,9,10). The Labute approximate surface area is 67.3 Å². The van der Waals surface area contributed by atoms with Crippen molar-refractivity contribution in [3.8, 4) is 0 Å². The molecule has 0 radical (unpaired) electrons. The average molecular weight is 160 g/mol. The molecule has 0 fully saturated rings. The van der Waals surface area contributed by atoms with Gasteiger partial charge < -0.3 is 15.4 Å². The van der Waals surface area contributed by atoms with Crippen molar-refractivity contribution < 1.29 is 9.53 Å². The molecule has 4 nitrogen and oxygen atoms in total. The van der Waals surface area contributed by atoms with E-state index in [2.05, 4.69) is 10.6 Å². The van der Waals surface area contributed by atoms with Crippen molar-refractivity contribution in [1.29, 1.82) is 0 Å². The lowest BCUT2D eigenvalue weighted by atomic mass is 10.5. The number of methoxy groups -OCH3 is 1. The van der Waals surface area contributed by atoms with Gasteiger partial charge in [0.15, 0.2) is 0 Å². The van der Waals surface area contributed by atoms with Crippen LogP contribution in [0.3, 0.4) is 0 Å². The Morgan fingerprint density at radius 3 is 2.82 bits per heavy atom. The zero-order valence-corrected chi connectivity index (χ0v) is 7.14. The number of carbonyl (C=O) groups is 1. The molecule has 0 saturated heterocycles. The second kappa shape index (κ2) is 7.50. The van der Waals surface area contributed by atoms with E-state index < -0.39 is 0 Å². The van der Waals surface area contributed by atoms with E-state index in [0.29, 0.717) is 26.2 Å². The van der Waals surface area contributed by atoms with Gasteiger partial charge in [0.1, 0.15) is 0 Å². The van der Waals surface area contributed by atoms with Crippen LogP contribution in [0, 0.1) is 0 Å². The van der Waals surface area contributed by atoms with Crippen LogP contribution in [-0.4, -0.2) is 39.3 Å². The Morgan fingerprint density at radius 1 is 1.55 bits per heavy atom. The number of hydrogen-bond acceptors (Lipinski definition) is 3. The Hall–Kier alpha value is -0.610. The predicted molar refractivity (Wildman–Crippen MR) is 43.4 cm³/mol. The summed E-state index contributed by atoms with van der Waals surface area (Å²) in [5.41, 5.74) is 0. The lowest BCUT2D eigenvalue weighted by Gasteiger charge is -2.03. The van der Waals surface area contributed by atoms with Crippen molar-refractivity contribution in [2.24, 2.45) is 0 Å². The van der Waals surface area contributed by atoms with Crippen LogP contribution in [-0.2, 0) is 9.53 Å². The van der Waals surface area contributed by atoms with Crippen molar-refractivity contribution in [2.75, 3.05) is 33.4 Å². The lowest BCUT2D eigenvalue weighted by molar-refractivity contribution is -0.120. The predicted octanol–water partition coefficient (Wildman–Crippen LogP) is -0.641. The monoisotopic (exact) mass is 160 g/mol. The van der Waals surface area contributed by atoms with Crippen molar-refractivity contribution in [3.05, 3.63) is 0 Å². The van der Waals surface area contributed by atoms with Gasteiger partial charge in [-0.3, -0.25) is 4.79 Å². The van der Waals surface area contributed by atoms with Gasteiger partial charge in [0.2, 0.25) is 5.91 Å². The van der Waals surface area contributed by atoms with Crippen LogP contribution >= 0.6 is 0 Å². The van der Waals surface area contributed by atoms with Gasteiger partial charge in [0, 0.05) is 20.2 Å². The number of nitrogens with one attached hydrogen (secondary N) is 2. The average Bonchev–Trinajstić information content (AvgIpc) is 1.99. The van der Waals surface area contributed by atoms with Crippen LogP contribution in [0.4, 0.5) is 0 Å². The Morgan fingerprint density at radius 2 is 2.27 bits per heavy atom. The van der Waals surface area contributed by atoms with Gasteiger partial charge in [-0.05, 0) is 6.92 Å². The summed E-state index contributed by atoms with van der Waals surface area (Å²) < 4.78 is 4.79. The zero-order valence-electron chi connectivity index (χ0n) is 7.14. The van der Waals surface area contributed by atoms with Crippen molar-refractivity contribution in [3.63, 3.8) is 0 Å². The van der Waals surface area contributed by atoms with E-state index in [4.69, 9.17) is 4.74 Å². The fraction of sp³-hybridized carbons (Fsp3) is 0.857. The third-order valence-corrected chi connectivity index (χ3v) is 1.14. The fourth-order valence-corrected chi connectivity index (χ4v) is 0.636. The van der Waals surface area contributed by atoms with Gasteiger partial charge >= 0.3 is 0 Å². The fourth-order valence-electron chi connectivity index (χ4n) is 0.636. The highest BCUT2D eigenvalue weighted by Crippen LogP contribution is 1.66. The van der Waals surface area contributed by atoms with Crippen LogP contribution < -0.4 is 10.6 Å². The molecule has 4 heteroatoms. The molecule has 0 aromatic rings. The SMILES string of the molecule is CCNC(=O)CNCCOC. The topological polar surface area (TPSA) is 50.4 Å². The Kier molecular flexibility index (Phi) is 7.08. The van der Waals surface area contributed by atoms with Gasteiger partial charge in [0.05, 0.1) is 13.2 Å². The molecule has 11 heavy (non-hydrogen) atoms. The molecule has 0 unspecified atom stereocenters. The van der Waals surface area contributed by atoms with E-state index in [1.165, 1.54) is 0 Å². The maximum atomic E-state index is 10.8. The molecule has 1 amide bonds. The molecule has 0 aromatic heterocycles. The maximum Gasteiger partial charge on any atom is 0.233 e. The maximum absolute atomic E-state index is 10.8. The first kappa shape index (κ1) is 10.4. The van der Waals surface area contributed by atoms with Crippen LogP contribution in [0.25, 0.3) is 0 Å². The van der Waals surface area contributed by atoms with Gasteiger partial charge in [-0.2, -0.15) is 0 Å². The van der Waals surface area contributed by atoms with E-state index in [1.54, 1.807) is 7.11 Å². The molecule has 0 rings (SSSR count). The largest absolute Gasteiger partial charge is 0.383 e. The van der Waals surface area contributed by atoms with Crippen LogP contribution in [0.1, 0.15) is 6.92 Å². The van der Waals surface area contributed by atoms with Crippen LogP contribution in [0.15, 0.2) is 0 Å². The number of likely N-dealkylation sites (N-methyl/N-ethyl adjacent to an activating group) is 1. The van der Waals surface area contributed by atoms with Gasteiger partial charge in [-0.25, -0.2) is 0 Å². The molecule has 0 aliphatic rings. The second-order valence-electron chi connectivity index (χ2n) is 2.12. The van der Waals surface area contributed by atoms with Crippen LogP contribution in [0.2, 0.25) is 0 Å². The first-order valence-electron chi connectivity index (χ1n) is 3.77. The summed E-state index contributed by atoms with van der Waals surface area (Å²) in [6.07, 6.45) is 0. The van der Waals surface area contributed by atoms with E-state index in [9.17, 15) is 4.79 Å². The van der Waals surface area contributed by atoms with E-state index in [1.807, 2.05) is 6.92 Å². The summed E-state index contributed by atoms with van der Waals surface area (Å²) in [6, 6.07) is 0. The summed E-state index contributed by atoms with van der Waals surface area (Å²) in [4.78, 5) is 10.8. The first-order valence-corrected chi connectivity index (χ1v) is 3.77. The van der Waals surface area contributed by atoms with E-state index in [0.717, 1.165) is 0 Å². The molecule has 66 valence electrons. The molecule has 0 heterocycles. The number of hydrogen-bond donors (Lipinski definition) is 2. The number of rotatable bonds is 6. The van der Waals surface area contributed by atoms with Crippen molar-refractivity contribution >= 4 is 5.91 Å². The molecule has 0 aliphatic heterocycles. The highest BCUT2D eigenvalue weighted by atomic mass is 16.5. The zero-order chi connectivity index (χ0) is 8.53. The smallest absolute Gasteiger partial charge is 0.233 e. The molecule has 0 atom stereocenters. The minimum atomic E-state index is 0.0311. The quantitative estimate of drug-likeness (QED) is 0.508. The molecule has 0 spiro atoms.